The molecular weight excluding hydrogens is 485 g/mol. The van der Waals surface area contributed by atoms with Crippen LogP contribution in [-0.2, 0) is 11.1 Å². The number of piperazine rings is 1. The number of benzene rings is 1. The second-order valence-electron chi connectivity index (χ2n) is 11.6. The summed E-state index contributed by atoms with van der Waals surface area (Å²) in [6.45, 7) is 13.0. The number of H-pyrrole nitrogens is 1. The van der Waals surface area contributed by atoms with Crippen molar-refractivity contribution >= 4 is 17.5 Å². The molecular formula is C28H31FN7O2+. The van der Waals surface area contributed by atoms with E-state index in [-0.39, 0.29) is 23.0 Å². The van der Waals surface area contributed by atoms with E-state index in [1.54, 1.807) is 41.7 Å². The van der Waals surface area contributed by atoms with Crippen LogP contribution in [-0.4, -0.2) is 60.8 Å². The Morgan fingerprint density at radius 3 is 2.61 bits per heavy atom. The topological polar surface area (TPSA) is 90.5 Å². The maximum atomic E-state index is 14.4. The van der Waals surface area contributed by atoms with Crippen molar-refractivity contribution in [3.63, 3.8) is 0 Å². The molecule has 9 nitrogen and oxygen atoms in total. The number of hydrogen-bond acceptors (Lipinski definition) is 4. The zero-order valence-electron chi connectivity index (χ0n) is 22.5. The number of carbonyl (C=O) groups is 2. The molecule has 2 aliphatic heterocycles. The third-order valence-electron chi connectivity index (χ3n) is 7.76. The van der Waals surface area contributed by atoms with Gasteiger partial charge in [0.2, 0.25) is 11.4 Å². The van der Waals surface area contributed by atoms with Crippen molar-refractivity contribution in [1.82, 2.24) is 29.4 Å². The fourth-order valence-corrected chi connectivity index (χ4v) is 5.71. The van der Waals surface area contributed by atoms with Crippen molar-refractivity contribution in [3.8, 4) is 11.3 Å². The van der Waals surface area contributed by atoms with Crippen LogP contribution in [0.25, 0.3) is 16.9 Å². The molecule has 1 fully saturated rings. The van der Waals surface area contributed by atoms with Crippen molar-refractivity contribution in [2.75, 3.05) is 19.6 Å². The number of carbonyl (C=O) groups excluding carboxylic acids is 2. The average Bonchev–Trinajstić information content (AvgIpc) is 3.52. The number of imidazole rings is 2. The molecule has 1 unspecified atom stereocenters. The lowest BCUT2D eigenvalue weighted by molar-refractivity contribution is -0.749. The Hall–Kier alpha value is -4.08. The second kappa shape index (κ2) is 7.96. The van der Waals surface area contributed by atoms with Crippen molar-refractivity contribution in [1.29, 1.82) is 0 Å². The molecule has 0 radical (unpaired) electrons. The monoisotopic (exact) mass is 516 g/mol. The molecule has 38 heavy (non-hydrogen) atoms. The fraction of sp³-hybridized carbons (Fsp3) is 0.393. The van der Waals surface area contributed by atoms with Crippen LogP contribution >= 0.6 is 0 Å². The molecule has 10 heteroatoms. The van der Waals surface area contributed by atoms with Crippen LogP contribution < -0.4 is 4.57 Å². The number of hydrogen-bond donors (Lipinski definition) is 1. The number of fused-ring (bicyclic) bond motifs is 5. The largest absolute Gasteiger partial charge is 0.338 e. The SMILES string of the molecule is Cc1ncc(C(=O)N2CCN3C(=O)c4cn5nc(-c6ccc(C)c(F)c6)cc(C(C)(C)C)c5[n+]4C3(C)C2)[nH]1. The van der Waals surface area contributed by atoms with E-state index in [9.17, 15) is 14.0 Å². The summed E-state index contributed by atoms with van der Waals surface area (Å²) in [6.07, 6.45) is 3.31. The quantitative estimate of drug-likeness (QED) is 0.414. The van der Waals surface area contributed by atoms with Gasteiger partial charge in [-0.3, -0.25) is 14.5 Å². The minimum absolute atomic E-state index is 0.0923. The molecule has 1 aromatic carbocycles. The van der Waals surface area contributed by atoms with Crippen LogP contribution in [0.2, 0.25) is 0 Å². The van der Waals surface area contributed by atoms with Gasteiger partial charge in [-0.2, -0.15) is 4.57 Å². The molecule has 196 valence electrons. The number of rotatable bonds is 2. The first-order valence-electron chi connectivity index (χ1n) is 12.8. The van der Waals surface area contributed by atoms with Crippen molar-refractivity contribution in [2.24, 2.45) is 0 Å². The Labute approximate surface area is 219 Å². The number of halogens is 1. The highest BCUT2D eigenvalue weighted by Crippen LogP contribution is 2.36. The van der Waals surface area contributed by atoms with Gasteiger partial charge in [0.05, 0.1) is 18.3 Å². The number of aryl methyl sites for hydroxylation is 2. The summed E-state index contributed by atoms with van der Waals surface area (Å²) in [5, 5.41) is 4.83. The summed E-state index contributed by atoms with van der Waals surface area (Å²) in [5.74, 6) is 0.151. The third kappa shape index (κ3) is 3.46. The molecule has 2 amide bonds. The van der Waals surface area contributed by atoms with Crippen LogP contribution in [0.3, 0.4) is 0 Å². The average molecular weight is 517 g/mol. The van der Waals surface area contributed by atoms with Gasteiger partial charge in [0.15, 0.2) is 6.20 Å². The van der Waals surface area contributed by atoms with Crippen LogP contribution in [0.5, 0.6) is 0 Å². The number of nitrogens with one attached hydrogen (secondary N) is 1. The summed E-state index contributed by atoms with van der Waals surface area (Å²) in [4.78, 5) is 37.8. The first kappa shape index (κ1) is 24.3. The maximum Gasteiger partial charge on any atom is 0.313 e. The molecule has 0 spiro atoms. The van der Waals surface area contributed by atoms with E-state index < -0.39 is 5.66 Å². The number of amides is 2. The van der Waals surface area contributed by atoms with Gasteiger partial charge in [-0.25, -0.2) is 9.37 Å². The Morgan fingerprint density at radius 1 is 1.18 bits per heavy atom. The molecule has 6 rings (SSSR count). The Bertz CT molecular complexity index is 1650. The lowest BCUT2D eigenvalue weighted by atomic mass is 9.87. The highest BCUT2D eigenvalue weighted by Gasteiger charge is 2.57. The predicted octanol–water partition coefficient (Wildman–Crippen LogP) is 3.35. The van der Waals surface area contributed by atoms with Gasteiger partial charge >= 0.3 is 11.6 Å². The van der Waals surface area contributed by atoms with E-state index in [0.717, 1.165) is 11.2 Å². The molecule has 0 bridgehead atoms. The minimum Gasteiger partial charge on any atom is -0.338 e. The Balaban J connectivity index is 1.51. The first-order chi connectivity index (χ1) is 17.9. The number of aromatic amines is 1. The number of nitrogens with zero attached hydrogens (tertiary/aromatic N) is 6. The molecule has 1 atom stereocenters. The van der Waals surface area contributed by atoms with Gasteiger partial charge in [0.25, 0.3) is 5.91 Å². The molecule has 0 aliphatic carbocycles. The van der Waals surface area contributed by atoms with Crippen LogP contribution in [0.4, 0.5) is 4.39 Å². The predicted molar refractivity (Wildman–Crippen MR) is 138 cm³/mol. The third-order valence-corrected chi connectivity index (χ3v) is 7.76. The zero-order valence-corrected chi connectivity index (χ0v) is 22.5. The van der Waals surface area contributed by atoms with E-state index in [1.165, 1.54) is 6.07 Å². The van der Waals surface area contributed by atoms with Gasteiger partial charge in [-0.15, -0.1) is 0 Å². The molecule has 4 aromatic rings. The van der Waals surface area contributed by atoms with Crippen LogP contribution in [0, 0.1) is 19.7 Å². The van der Waals surface area contributed by atoms with Gasteiger partial charge in [-0.1, -0.05) is 42.5 Å². The summed E-state index contributed by atoms with van der Waals surface area (Å²) < 4.78 is 18.2. The summed E-state index contributed by atoms with van der Waals surface area (Å²) in [6, 6.07) is 7.09. The highest BCUT2D eigenvalue weighted by molar-refractivity contribution is 5.95. The summed E-state index contributed by atoms with van der Waals surface area (Å²) in [5.41, 5.74) is 3.46. The molecule has 5 heterocycles. The van der Waals surface area contributed by atoms with E-state index in [0.29, 0.717) is 53.7 Å². The van der Waals surface area contributed by atoms with E-state index >= 15 is 0 Å². The minimum atomic E-state index is -0.802. The van der Waals surface area contributed by atoms with Gasteiger partial charge in [-0.05, 0) is 37.0 Å². The van der Waals surface area contributed by atoms with Gasteiger partial charge in [0.1, 0.15) is 23.0 Å². The molecule has 1 N–H and O–H groups in total. The van der Waals surface area contributed by atoms with Crippen molar-refractivity contribution in [2.45, 2.75) is 52.6 Å². The van der Waals surface area contributed by atoms with E-state index in [1.807, 2.05) is 28.5 Å². The molecule has 2 aliphatic rings. The van der Waals surface area contributed by atoms with Gasteiger partial charge < -0.3 is 9.88 Å². The molecule has 1 saturated heterocycles. The lowest BCUT2D eigenvalue weighted by Crippen LogP contribution is -2.69. The molecule has 0 saturated carbocycles. The Morgan fingerprint density at radius 2 is 1.95 bits per heavy atom. The standard InChI is InChI=1S/C28H30FN7O2/c1-16-7-8-18(11-20(16)29)21-12-19(27(3,4)5)24-35(32-21)14-23-26(38)34-10-9-33(15-28(34,6)36(23)24)25(37)22-13-30-17(2)31-22/h7-8,11-14H,9-10,15H2,1-6H3/p+1. The van der Waals surface area contributed by atoms with Crippen LogP contribution in [0.1, 0.15) is 65.6 Å². The van der Waals surface area contributed by atoms with Crippen LogP contribution in [0.15, 0.2) is 36.7 Å². The normalized spacial score (nSPS) is 19.3. The second-order valence-corrected chi connectivity index (χ2v) is 11.6. The van der Waals surface area contributed by atoms with E-state index in [4.69, 9.17) is 5.10 Å². The summed E-state index contributed by atoms with van der Waals surface area (Å²) in [7, 11) is 0. The van der Waals surface area contributed by atoms with E-state index in [2.05, 4.69) is 30.7 Å². The number of aromatic nitrogens is 5. The maximum absolute atomic E-state index is 14.4. The smallest absolute Gasteiger partial charge is 0.313 e. The zero-order chi connectivity index (χ0) is 27.1. The van der Waals surface area contributed by atoms with Crippen molar-refractivity contribution in [3.05, 3.63) is 70.8 Å². The summed E-state index contributed by atoms with van der Waals surface area (Å²) >= 11 is 0. The first-order valence-corrected chi connectivity index (χ1v) is 12.8. The fourth-order valence-electron chi connectivity index (χ4n) is 5.71. The van der Waals surface area contributed by atoms with Crippen molar-refractivity contribution < 1.29 is 18.5 Å². The molecule has 3 aromatic heterocycles. The lowest BCUT2D eigenvalue weighted by Gasteiger charge is -2.42. The Kier molecular flexibility index (Phi) is 5.08. The van der Waals surface area contributed by atoms with Gasteiger partial charge in [0, 0.05) is 25.6 Å². The highest BCUT2D eigenvalue weighted by atomic mass is 19.1.